The summed E-state index contributed by atoms with van der Waals surface area (Å²) in [5.41, 5.74) is -2.43. The Balaban J connectivity index is 1.53. The number of benzene rings is 2. The molecule has 1 aromatic heterocycles. The molecule has 0 unspecified atom stereocenters. The minimum absolute atomic E-state index is 0.0205. The Hall–Kier alpha value is -4.34. The first-order chi connectivity index (χ1) is 21.2. The number of aromatic nitrogens is 2. The van der Waals surface area contributed by atoms with Crippen molar-refractivity contribution in [1.82, 2.24) is 14.7 Å². The third-order valence-electron chi connectivity index (χ3n) is 6.77. The molecule has 2 amide bonds. The highest BCUT2D eigenvalue weighted by Crippen LogP contribution is 2.35. The van der Waals surface area contributed by atoms with Crippen LogP contribution in [0.3, 0.4) is 0 Å². The summed E-state index contributed by atoms with van der Waals surface area (Å²) in [5.74, 6) is 0.0214. The molecule has 0 spiro atoms. The van der Waals surface area contributed by atoms with E-state index < -0.39 is 48.1 Å². The van der Waals surface area contributed by atoms with Gasteiger partial charge in [-0.05, 0) is 73.6 Å². The predicted octanol–water partition coefficient (Wildman–Crippen LogP) is 6.14. The van der Waals surface area contributed by atoms with Crippen LogP contribution in [0.2, 0.25) is 0 Å². The summed E-state index contributed by atoms with van der Waals surface area (Å²) in [6.07, 6.45) is -9.88. The molecule has 0 bridgehead atoms. The number of carbonyl (C=O) groups excluding carboxylic acids is 2. The molecule has 0 aliphatic carbocycles. The van der Waals surface area contributed by atoms with Crippen LogP contribution in [0.5, 0.6) is 11.5 Å². The van der Waals surface area contributed by atoms with Crippen LogP contribution in [0.4, 0.5) is 37.7 Å². The normalized spacial score (nSPS) is 15.5. The van der Waals surface area contributed by atoms with Crippen molar-refractivity contribution in [3.63, 3.8) is 0 Å². The van der Waals surface area contributed by atoms with Gasteiger partial charge in [-0.3, -0.25) is 19.2 Å². The van der Waals surface area contributed by atoms with Gasteiger partial charge in [0.1, 0.15) is 23.2 Å². The number of nitrogens with zero attached hydrogens (tertiary/aromatic N) is 4. The lowest BCUT2D eigenvalue weighted by Crippen LogP contribution is -2.39. The van der Waals surface area contributed by atoms with Crippen LogP contribution in [0.1, 0.15) is 37.6 Å². The molecule has 4 rings (SSSR count). The van der Waals surface area contributed by atoms with E-state index in [1.165, 1.54) is 16.9 Å². The summed E-state index contributed by atoms with van der Waals surface area (Å²) >= 11 is 5.56. The van der Waals surface area contributed by atoms with Crippen molar-refractivity contribution in [2.24, 2.45) is 0 Å². The average molecular weight is 658 g/mol. The van der Waals surface area contributed by atoms with Crippen molar-refractivity contribution in [2.45, 2.75) is 51.1 Å². The largest absolute Gasteiger partial charge is 0.497 e. The second-order valence-corrected chi connectivity index (χ2v) is 10.3. The summed E-state index contributed by atoms with van der Waals surface area (Å²) in [5, 5.41) is 5.80. The number of methoxy groups -OCH3 is 1. The minimum Gasteiger partial charge on any atom is -0.497 e. The highest BCUT2D eigenvalue weighted by molar-refractivity contribution is 7.80. The van der Waals surface area contributed by atoms with Gasteiger partial charge >= 0.3 is 12.4 Å². The fourth-order valence-electron chi connectivity index (χ4n) is 4.64. The molecular formula is C29H29F6N5O4S. The van der Waals surface area contributed by atoms with Crippen LogP contribution in [0.25, 0.3) is 0 Å². The molecule has 45 heavy (non-hydrogen) atoms. The van der Waals surface area contributed by atoms with E-state index in [2.05, 4.69) is 10.4 Å². The van der Waals surface area contributed by atoms with Crippen molar-refractivity contribution in [3.8, 4) is 11.5 Å². The molecule has 1 saturated heterocycles. The zero-order chi connectivity index (χ0) is 32.9. The van der Waals surface area contributed by atoms with Gasteiger partial charge in [-0.2, -0.15) is 31.4 Å². The number of amides is 2. The minimum atomic E-state index is -5.08. The Morgan fingerprint density at radius 3 is 2.20 bits per heavy atom. The van der Waals surface area contributed by atoms with Gasteiger partial charge in [0, 0.05) is 24.8 Å². The third-order valence-corrected chi connectivity index (χ3v) is 7.19. The van der Waals surface area contributed by atoms with E-state index >= 15 is 0 Å². The molecule has 0 saturated carbocycles. The molecule has 2 aromatic carbocycles. The lowest BCUT2D eigenvalue weighted by molar-refractivity contribution is -0.144. The zero-order valence-corrected chi connectivity index (χ0v) is 24.9. The Morgan fingerprint density at radius 1 is 0.978 bits per heavy atom. The molecule has 2 heterocycles. The molecule has 1 N–H and O–H groups in total. The first-order valence-corrected chi connectivity index (χ1v) is 14.2. The third kappa shape index (κ3) is 8.04. The maximum Gasteiger partial charge on any atom is 0.435 e. The lowest BCUT2D eigenvalue weighted by Gasteiger charge is -2.24. The van der Waals surface area contributed by atoms with Crippen molar-refractivity contribution in [3.05, 3.63) is 66.0 Å². The van der Waals surface area contributed by atoms with E-state index in [1.54, 1.807) is 48.5 Å². The first kappa shape index (κ1) is 33.6. The monoisotopic (exact) mass is 657 g/mol. The van der Waals surface area contributed by atoms with Crippen molar-refractivity contribution < 1.29 is 45.4 Å². The van der Waals surface area contributed by atoms with Gasteiger partial charge in [0.05, 0.1) is 25.8 Å². The van der Waals surface area contributed by atoms with E-state index in [-0.39, 0.29) is 35.2 Å². The number of hydrogen-bond donors (Lipinski definition) is 1. The number of nitrogens with one attached hydrogen (secondary N) is 1. The number of thiocarbonyl (C=S) groups is 1. The standard InChI is InChI=1S/C29H29F6N5O4S/c1-3-15-44-21-9-5-18(6-10-21)36-25(41)16-22-26(42)40(19-7-11-20(43-2)12-8-19)27(45)38(22)13-4-14-39-24(29(33,34)35)17-23(37-39)28(30,31)32/h5-12,17,22H,3-4,13-16H2,1-2H3,(H,36,41)/t22-/m1/s1. The summed E-state index contributed by atoms with van der Waals surface area (Å²) < 4.78 is 90.7. The molecule has 3 aromatic rings. The SMILES string of the molecule is CCCOc1ccc(NC(=O)C[C@@H]2C(=O)N(c3ccc(OC)cc3)C(=S)N2CCCn2nc(C(F)(F)F)cc2C(F)(F)F)cc1. The van der Waals surface area contributed by atoms with E-state index in [0.29, 0.717) is 29.5 Å². The molecule has 242 valence electrons. The van der Waals surface area contributed by atoms with Gasteiger partial charge < -0.3 is 19.7 Å². The fraction of sp³-hybridized carbons (Fsp3) is 0.379. The number of anilines is 2. The van der Waals surface area contributed by atoms with E-state index in [0.717, 1.165) is 6.42 Å². The molecule has 0 radical (unpaired) electrons. The number of ether oxygens (including phenoxy) is 2. The van der Waals surface area contributed by atoms with Crippen molar-refractivity contribution in [1.29, 1.82) is 0 Å². The van der Waals surface area contributed by atoms with Crippen LogP contribution in [-0.4, -0.2) is 57.9 Å². The van der Waals surface area contributed by atoms with Crippen LogP contribution < -0.4 is 19.7 Å². The lowest BCUT2D eigenvalue weighted by atomic mass is 10.1. The smallest absolute Gasteiger partial charge is 0.435 e. The number of rotatable bonds is 12. The molecule has 1 atom stereocenters. The maximum atomic E-state index is 13.6. The first-order valence-electron chi connectivity index (χ1n) is 13.8. The number of halogens is 6. The number of hydrogen-bond acceptors (Lipinski definition) is 6. The van der Waals surface area contributed by atoms with E-state index in [1.807, 2.05) is 6.92 Å². The van der Waals surface area contributed by atoms with E-state index in [9.17, 15) is 35.9 Å². The molecule has 16 heteroatoms. The van der Waals surface area contributed by atoms with Gasteiger partial charge in [0.2, 0.25) is 5.91 Å². The van der Waals surface area contributed by atoms with Gasteiger partial charge in [-0.15, -0.1) is 0 Å². The maximum absolute atomic E-state index is 13.6. The quantitative estimate of drug-likeness (QED) is 0.185. The molecule has 1 fully saturated rings. The van der Waals surface area contributed by atoms with Crippen LogP contribution in [0, 0.1) is 0 Å². The van der Waals surface area contributed by atoms with Crippen molar-refractivity contribution >= 4 is 40.5 Å². The second kappa shape index (κ2) is 13.7. The highest BCUT2D eigenvalue weighted by atomic mass is 32.1. The summed E-state index contributed by atoms with van der Waals surface area (Å²) in [4.78, 5) is 29.3. The predicted molar refractivity (Wildman–Crippen MR) is 156 cm³/mol. The summed E-state index contributed by atoms with van der Waals surface area (Å²) in [6, 6.07) is 11.7. The fourth-order valence-corrected chi connectivity index (χ4v) is 5.06. The van der Waals surface area contributed by atoms with Gasteiger partial charge in [0.25, 0.3) is 5.91 Å². The Kier molecular flexibility index (Phi) is 10.3. The zero-order valence-electron chi connectivity index (χ0n) is 24.1. The Bertz CT molecular complexity index is 1510. The number of carbonyl (C=O) groups is 2. The van der Waals surface area contributed by atoms with Crippen LogP contribution in [0.15, 0.2) is 54.6 Å². The highest BCUT2D eigenvalue weighted by Gasteiger charge is 2.45. The average Bonchev–Trinajstić information content (AvgIpc) is 3.53. The van der Waals surface area contributed by atoms with Gasteiger partial charge in [0.15, 0.2) is 10.8 Å². The Labute approximate surface area is 259 Å². The molecular weight excluding hydrogens is 628 g/mol. The number of aryl methyl sites for hydroxylation is 1. The summed E-state index contributed by atoms with van der Waals surface area (Å²) in [7, 11) is 1.46. The van der Waals surface area contributed by atoms with Crippen LogP contribution in [-0.2, 0) is 28.5 Å². The van der Waals surface area contributed by atoms with Crippen molar-refractivity contribution in [2.75, 3.05) is 30.5 Å². The topological polar surface area (TPSA) is 88.9 Å². The van der Waals surface area contributed by atoms with Gasteiger partial charge in [-0.1, -0.05) is 6.92 Å². The number of alkyl halides is 6. The molecule has 9 nitrogen and oxygen atoms in total. The van der Waals surface area contributed by atoms with E-state index in [4.69, 9.17) is 21.7 Å². The molecule has 1 aliphatic rings. The Morgan fingerprint density at radius 2 is 1.62 bits per heavy atom. The summed E-state index contributed by atoms with van der Waals surface area (Å²) in [6.45, 7) is 1.77. The van der Waals surface area contributed by atoms with Crippen LogP contribution >= 0.6 is 12.2 Å². The molecule has 1 aliphatic heterocycles. The van der Waals surface area contributed by atoms with Gasteiger partial charge in [-0.25, -0.2) is 0 Å². The second-order valence-electron chi connectivity index (χ2n) is 9.98.